The summed E-state index contributed by atoms with van der Waals surface area (Å²) in [7, 11) is 0. The molecular formula is C23H35ClF3N5O5. The number of hydrogen-bond acceptors (Lipinski definition) is 5. The lowest BCUT2D eigenvalue weighted by Crippen LogP contribution is -2.59. The number of nitrogens with zero attached hydrogens (tertiary/aromatic N) is 2. The predicted octanol–water partition coefficient (Wildman–Crippen LogP) is 1.33. The van der Waals surface area contributed by atoms with Crippen LogP contribution >= 0.6 is 11.6 Å². The maximum absolute atomic E-state index is 13.7. The molecule has 0 spiro atoms. The van der Waals surface area contributed by atoms with Crippen molar-refractivity contribution in [1.82, 2.24) is 26.0 Å². The topological polar surface area (TPSA) is 128 Å². The molecule has 0 aliphatic carbocycles. The highest BCUT2D eigenvalue weighted by atomic mass is 35.5. The predicted molar refractivity (Wildman–Crippen MR) is 128 cm³/mol. The van der Waals surface area contributed by atoms with Gasteiger partial charge < -0.3 is 15.5 Å². The molecule has 10 nitrogen and oxygen atoms in total. The molecule has 14 heteroatoms. The molecule has 2 heterocycles. The number of nitrogens with one attached hydrogen (secondary N) is 3. The van der Waals surface area contributed by atoms with E-state index in [0.29, 0.717) is 30.8 Å². The van der Waals surface area contributed by atoms with Gasteiger partial charge in [-0.15, -0.1) is 0 Å². The molecule has 2 fully saturated rings. The smallest absolute Gasteiger partial charge is 0.315 e. The Kier molecular flexibility index (Phi) is 10.6. The molecule has 0 aromatic carbocycles. The fourth-order valence-electron chi connectivity index (χ4n) is 4.83. The number of hydrazine groups is 1. The molecule has 2 saturated heterocycles. The Morgan fingerprint density at radius 3 is 2.30 bits per heavy atom. The summed E-state index contributed by atoms with van der Waals surface area (Å²) in [5, 5.41) is 5.35. The molecular weight excluding hydrogens is 519 g/mol. The summed E-state index contributed by atoms with van der Waals surface area (Å²) in [4.78, 5) is 64.2. The van der Waals surface area contributed by atoms with Crippen molar-refractivity contribution in [2.45, 2.75) is 77.5 Å². The van der Waals surface area contributed by atoms with Crippen molar-refractivity contribution >= 4 is 41.1 Å². The van der Waals surface area contributed by atoms with E-state index in [-0.39, 0.29) is 25.4 Å². The zero-order chi connectivity index (χ0) is 28.1. The van der Waals surface area contributed by atoms with Crippen molar-refractivity contribution in [3.63, 3.8) is 0 Å². The zero-order valence-corrected chi connectivity index (χ0v) is 22.1. The molecule has 2 rings (SSSR count). The van der Waals surface area contributed by atoms with E-state index in [2.05, 4.69) is 16.1 Å². The number of carbonyl (C=O) groups is 5. The lowest BCUT2D eigenvalue weighted by atomic mass is 9.90. The first-order valence-corrected chi connectivity index (χ1v) is 12.7. The minimum atomic E-state index is -3.32. The Morgan fingerprint density at radius 1 is 1.19 bits per heavy atom. The van der Waals surface area contributed by atoms with Gasteiger partial charge in [0.05, 0.1) is 12.5 Å². The van der Waals surface area contributed by atoms with Crippen molar-refractivity contribution in [1.29, 1.82) is 0 Å². The van der Waals surface area contributed by atoms with Crippen LogP contribution in [0.1, 0.15) is 53.4 Å². The average molecular weight is 554 g/mol. The number of alkyl halides is 4. The molecule has 210 valence electrons. The van der Waals surface area contributed by atoms with Crippen LogP contribution in [-0.2, 0) is 24.0 Å². The van der Waals surface area contributed by atoms with Gasteiger partial charge in [0.25, 0.3) is 23.4 Å². The molecule has 5 amide bonds. The monoisotopic (exact) mass is 553 g/mol. The third-order valence-corrected chi connectivity index (χ3v) is 7.04. The second-order valence-electron chi connectivity index (χ2n) is 10.2. The Labute approximate surface area is 219 Å². The fraction of sp³-hybridized carbons (Fsp3) is 0.783. The average Bonchev–Trinajstić information content (AvgIpc) is 3.38. The van der Waals surface area contributed by atoms with E-state index < -0.39 is 65.0 Å². The van der Waals surface area contributed by atoms with Gasteiger partial charge in [0, 0.05) is 13.1 Å². The number of halogens is 4. The summed E-state index contributed by atoms with van der Waals surface area (Å²) in [6.45, 7) is 7.21. The first kappa shape index (κ1) is 30.7. The van der Waals surface area contributed by atoms with Gasteiger partial charge in [-0.05, 0) is 24.2 Å². The van der Waals surface area contributed by atoms with Crippen LogP contribution in [0.5, 0.6) is 0 Å². The maximum atomic E-state index is 13.7. The van der Waals surface area contributed by atoms with E-state index in [1.165, 1.54) is 4.90 Å². The Morgan fingerprint density at radius 2 is 1.81 bits per heavy atom. The van der Waals surface area contributed by atoms with E-state index in [0.717, 1.165) is 0 Å². The van der Waals surface area contributed by atoms with Crippen LogP contribution < -0.4 is 16.1 Å². The molecule has 0 saturated carbocycles. The van der Waals surface area contributed by atoms with Crippen LogP contribution in [0.15, 0.2) is 0 Å². The van der Waals surface area contributed by atoms with Crippen LogP contribution in [0.2, 0.25) is 0 Å². The van der Waals surface area contributed by atoms with E-state index in [4.69, 9.17) is 11.6 Å². The van der Waals surface area contributed by atoms with Crippen molar-refractivity contribution in [3.05, 3.63) is 0 Å². The minimum Gasteiger partial charge on any atom is -0.356 e. The first-order chi connectivity index (χ1) is 17.2. The third-order valence-electron chi connectivity index (χ3n) is 6.85. The molecule has 0 radical (unpaired) electrons. The van der Waals surface area contributed by atoms with E-state index >= 15 is 0 Å². The molecule has 37 heavy (non-hydrogen) atoms. The molecule has 3 N–H and O–H groups in total. The Balaban J connectivity index is 2.31. The standard InChI is InChI=1S/C23H35ClF3N5O5/c1-5-12(6-2)15(29-20(35)17(26)27)21(36)31-11-23(3,4)9-14(31)19(34)30-32(22(37)16(24)25)10-13-7-8-28-18(13)33/h12-17H,5-11H2,1-4H3,(H,28,33)(H,29,35)(H,30,34)/t13-,14-,15-,16-/m0/s1. The van der Waals surface area contributed by atoms with Crippen LogP contribution in [0.25, 0.3) is 0 Å². The van der Waals surface area contributed by atoms with Gasteiger partial charge in [0.2, 0.25) is 11.8 Å². The third kappa shape index (κ3) is 7.71. The number of rotatable bonds is 10. The number of carbonyl (C=O) groups excluding carboxylic acids is 5. The molecule has 4 atom stereocenters. The zero-order valence-electron chi connectivity index (χ0n) is 21.4. The highest BCUT2D eigenvalue weighted by Crippen LogP contribution is 2.35. The second kappa shape index (κ2) is 12.8. The SMILES string of the molecule is CCC(CC)[C@H](NC(=O)C(F)F)C(=O)N1CC(C)(C)C[C@H]1C(=O)NN(C[C@@H]1CCNC1=O)C(=O)[C@H](F)Cl. The largest absolute Gasteiger partial charge is 0.356 e. The summed E-state index contributed by atoms with van der Waals surface area (Å²) in [6.07, 6.45) is -2.00. The van der Waals surface area contributed by atoms with Gasteiger partial charge in [-0.25, -0.2) is 9.40 Å². The highest BCUT2D eigenvalue weighted by molar-refractivity contribution is 6.29. The summed E-state index contributed by atoms with van der Waals surface area (Å²) in [6, 6.07) is -2.44. The number of amides is 5. The number of likely N-dealkylation sites (tertiary alicyclic amines) is 1. The summed E-state index contributed by atoms with van der Waals surface area (Å²) < 4.78 is 39.7. The van der Waals surface area contributed by atoms with Gasteiger partial charge in [0.1, 0.15) is 12.1 Å². The van der Waals surface area contributed by atoms with Crippen molar-refractivity contribution in [3.8, 4) is 0 Å². The molecule has 0 bridgehead atoms. The molecule has 0 aromatic heterocycles. The van der Waals surface area contributed by atoms with Gasteiger partial charge in [-0.1, -0.05) is 52.1 Å². The van der Waals surface area contributed by atoms with Crippen molar-refractivity contribution in [2.24, 2.45) is 17.3 Å². The Hall–Kier alpha value is -2.57. The highest BCUT2D eigenvalue weighted by Gasteiger charge is 2.47. The molecule has 2 aliphatic heterocycles. The van der Waals surface area contributed by atoms with E-state index in [9.17, 15) is 37.1 Å². The van der Waals surface area contributed by atoms with Crippen molar-refractivity contribution < 1.29 is 37.1 Å². The van der Waals surface area contributed by atoms with E-state index in [1.54, 1.807) is 27.7 Å². The summed E-state index contributed by atoms with van der Waals surface area (Å²) >= 11 is 5.32. The lowest BCUT2D eigenvalue weighted by Gasteiger charge is -2.33. The maximum Gasteiger partial charge on any atom is 0.315 e. The molecule has 0 unspecified atom stereocenters. The van der Waals surface area contributed by atoms with E-state index in [1.807, 2.05) is 0 Å². The quantitative estimate of drug-likeness (QED) is 0.278. The summed E-state index contributed by atoms with van der Waals surface area (Å²) in [5.41, 5.74) is -0.747. The Bertz CT molecular complexity index is 887. The van der Waals surface area contributed by atoms with Crippen LogP contribution in [0, 0.1) is 17.3 Å². The lowest BCUT2D eigenvalue weighted by molar-refractivity contribution is -0.150. The second-order valence-corrected chi connectivity index (χ2v) is 10.6. The van der Waals surface area contributed by atoms with Crippen LogP contribution in [-0.4, -0.2) is 83.2 Å². The normalized spacial score (nSPS) is 22.5. The van der Waals surface area contributed by atoms with Gasteiger partial charge in [-0.3, -0.25) is 29.4 Å². The van der Waals surface area contributed by atoms with Gasteiger partial charge >= 0.3 is 6.43 Å². The number of hydrogen-bond donors (Lipinski definition) is 3. The first-order valence-electron chi connectivity index (χ1n) is 12.3. The van der Waals surface area contributed by atoms with Gasteiger partial charge in [-0.2, -0.15) is 8.78 Å². The van der Waals surface area contributed by atoms with Crippen LogP contribution in [0.3, 0.4) is 0 Å². The van der Waals surface area contributed by atoms with Gasteiger partial charge in [0.15, 0.2) is 0 Å². The van der Waals surface area contributed by atoms with Crippen molar-refractivity contribution in [2.75, 3.05) is 19.6 Å². The summed E-state index contributed by atoms with van der Waals surface area (Å²) in [5.74, 6) is -5.92. The fourth-order valence-corrected chi connectivity index (χ4v) is 4.94. The molecule has 0 aromatic rings. The molecule has 2 aliphatic rings. The van der Waals surface area contributed by atoms with Crippen LogP contribution in [0.4, 0.5) is 13.2 Å². The minimum absolute atomic E-state index is 0.0747.